The molecule has 1 aromatic carbocycles. The minimum absolute atomic E-state index is 0.00201. The quantitative estimate of drug-likeness (QED) is 0.760. The lowest BCUT2D eigenvalue weighted by molar-refractivity contribution is 0.322. The van der Waals surface area contributed by atoms with Crippen LogP contribution in [0.2, 0.25) is 0 Å². The van der Waals surface area contributed by atoms with Crippen molar-refractivity contribution < 1.29 is 9.26 Å². The van der Waals surface area contributed by atoms with Crippen molar-refractivity contribution in [1.82, 2.24) is 14.7 Å². The van der Waals surface area contributed by atoms with Gasteiger partial charge in [0.05, 0.1) is 18.8 Å². The number of aryl methyl sites for hydroxylation is 2. The molecule has 0 aliphatic carbocycles. The second kappa shape index (κ2) is 6.63. The topological polar surface area (TPSA) is 65.1 Å². The van der Waals surface area contributed by atoms with Gasteiger partial charge in [0.25, 0.3) is 5.88 Å². The normalized spacial score (nSPS) is 14.8. The monoisotopic (exact) mass is 338 g/mol. The highest BCUT2D eigenvalue weighted by Gasteiger charge is 2.14. The zero-order valence-electron chi connectivity index (χ0n) is 14.5. The van der Waals surface area contributed by atoms with E-state index in [0.29, 0.717) is 5.88 Å². The summed E-state index contributed by atoms with van der Waals surface area (Å²) in [7, 11) is 1.58. The van der Waals surface area contributed by atoms with Crippen LogP contribution in [0.3, 0.4) is 0 Å². The highest BCUT2D eigenvalue weighted by atomic mass is 16.5. The smallest absolute Gasteiger partial charge is 0.254 e. The molecule has 0 spiro atoms. The average molecular weight is 338 g/mol. The van der Waals surface area contributed by atoms with E-state index in [-0.39, 0.29) is 6.04 Å². The molecule has 0 bridgehead atoms. The van der Waals surface area contributed by atoms with Gasteiger partial charge in [-0.05, 0) is 37.1 Å². The van der Waals surface area contributed by atoms with Crippen molar-refractivity contribution in [2.45, 2.75) is 38.8 Å². The first kappa shape index (κ1) is 15.7. The molecule has 0 saturated carbocycles. The van der Waals surface area contributed by atoms with Crippen molar-refractivity contribution in [3.05, 3.63) is 48.1 Å². The fourth-order valence-corrected chi connectivity index (χ4v) is 3.18. The fraction of sp³-hybridized carbons (Fsp3) is 0.368. The Morgan fingerprint density at radius 2 is 2.08 bits per heavy atom. The van der Waals surface area contributed by atoms with Crippen LogP contribution in [0.25, 0.3) is 11.3 Å². The Balaban J connectivity index is 1.47. The van der Waals surface area contributed by atoms with Crippen molar-refractivity contribution in [3.8, 4) is 17.1 Å². The van der Waals surface area contributed by atoms with Crippen LogP contribution in [-0.2, 0) is 13.0 Å². The zero-order valence-corrected chi connectivity index (χ0v) is 14.5. The number of hydrogen-bond donors (Lipinski definition) is 1. The molecule has 3 heterocycles. The lowest BCUT2D eigenvalue weighted by Crippen LogP contribution is -2.08. The van der Waals surface area contributed by atoms with Gasteiger partial charge in [-0.25, -0.2) is 4.98 Å². The number of aromatic nitrogens is 3. The summed E-state index contributed by atoms with van der Waals surface area (Å²) < 4.78 is 12.6. The van der Waals surface area contributed by atoms with E-state index in [2.05, 4.69) is 45.5 Å². The van der Waals surface area contributed by atoms with E-state index in [9.17, 15) is 0 Å². The lowest BCUT2D eigenvalue weighted by atomic mass is 10.1. The van der Waals surface area contributed by atoms with Crippen molar-refractivity contribution in [3.63, 3.8) is 0 Å². The van der Waals surface area contributed by atoms with Crippen LogP contribution in [0.15, 0.2) is 41.1 Å². The number of benzene rings is 1. The molecule has 0 fully saturated rings. The molecule has 1 N–H and O–H groups in total. The molecule has 3 aromatic rings. The van der Waals surface area contributed by atoms with Crippen LogP contribution in [0, 0.1) is 0 Å². The van der Waals surface area contributed by atoms with E-state index in [0.717, 1.165) is 35.7 Å². The number of methoxy groups -OCH3 is 1. The van der Waals surface area contributed by atoms with E-state index in [1.807, 2.05) is 6.92 Å². The molecule has 25 heavy (non-hydrogen) atoms. The second-order valence-electron chi connectivity index (χ2n) is 6.41. The maximum atomic E-state index is 5.28. The Bertz CT molecular complexity index is 827. The van der Waals surface area contributed by atoms with Gasteiger partial charge in [-0.1, -0.05) is 12.1 Å². The Kier molecular flexibility index (Phi) is 4.17. The number of ether oxygens (including phenoxy) is 1. The molecule has 1 atom stereocenters. The molecular weight excluding hydrogens is 316 g/mol. The maximum absolute atomic E-state index is 5.28. The Hall–Kier alpha value is -2.76. The third-order valence-corrected chi connectivity index (χ3v) is 4.62. The van der Waals surface area contributed by atoms with E-state index in [1.165, 1.54) is 18.7 Å². The second-order valence-corrected chi connectivity index (χ2v) is 6.41. The zero-order chi connectivity index (χ0) is 17.2. The number of hydrogen-bond acceptors (Lipinski definition) is 5. The molecule has 6 nitrogen and oxygen atoms in total. The molecule has 0 amide bonds. The van der Waals surface area contributed by atoms with E-state index >= 15 is 0 Å². The predicted octanol–water partition coefficient (Wildman–Crippen LogP) is 4.06. The first-order valence-electron chi connectivity index (χ1n) is 8.66. The number of rotatable bonds is 5. The summed E-state index contributed by atoms with van der Waals surface area (Å²) in [4.78, 5) is 4.78. The van der Waals surface area contributed by atoms with Gasteiger partial charge in [0, 0.05) is 36.5 Å². The number of nitrogens with one attached hydrogen (secondary N) is 1. The van der Waals surface area contributed by atoms with Crippen LogP contribution in [-0.4, -0.2) is 21.8 Å². The highest BCUT2D eigenvalue weighted by Crippen LogP contribution is 2.26. The third-order valence-electron chi connectivity index (χ3n) is 4.62. The predicted molar refractivity (Wildman–Crippen MR) is 95.7 cm³/mol. The molecule has 130 valence electrons. The SMILES string of the molecule is COc1cc(C(C)Nc2ccc(-c3cn4c(n3)CCCC4)cc2)on1. The summed E-state index contributed by atoms with van der Waals surface area (Å²) in [6, 6.07) is 10.1. The summed E-state index contributed by atoms with van der Waals surface area (Å²) in [6.45, 7) is 3.11. The average Bonchev–Trinajstić information content (AvgIpc) is 3.29. The summed E-state index contributed by atoms with van der Waals surface area (Å²) in [5.74, 6) is 2.43. The van der Waals surface area contributed by atoms with E-state index < -0.39 is 0 Å². The van der Waals surface area contributed by atoms with Gasteiger partial charge in [0.15, 0.2) is 5.76 Å². The number of nitrogens with zero attached hydrogens (tertiary/aromatic N) is 3. The summed E-state index contributed by atoms with van der Waals surface area (Å²) in [5.41, 5.74) is 3.22. The minimum atomic E-state index is 0.00201. The van der Waals surface area contributed by atoms with Gasteiger partial charge < -0.3 is 19.1 Å². The maximum Gasteiger partial charge on any atom is 0.254 e. The molecule has 0 radical (unpaired) electrons. The molecule has 0 saturated heterocycles. The van der Waals surface area contributed by atoms with Crippen LogP contribution >= 0.6 is 0 Å². The number of imidazole rings is 1. The van der Waals surface area contributed by atoms with Gasteiger partial charge in [-0.3, -0.25) is 0 Å². The van der Waals surface area contributed by atoms with E-state index in [1.54, 1.807) is 13.2 Å². The van der Waals surface area contributed by atoms with Gasteiger partial charge in [0.2, 0.25) is 0 Å². The molecule has 1 unspecified atom stereocenters. The van der Waals surface area contributed by atoms with Crippen LogP contribution in [0.1, 0.15) is 37.4 Å². The molecule has 6 heteroatoms. The van der Waals surface area contributed by atoms with Crippen LogP contribution in [0.5, 0.6) is 5.88 Å². The summed E-state index contributed by atoms with van der Waals surface area (Å²) in [6.07, 6.45) is 5.73. The van der Waals surface area contributed by atoms with Crippen molar-refractivity contribution in [1.29, 1.82) is 0 Å². The minimum Gasteiger partial charge on any atom is -0.479 e. The van der Waals surface area contributed by atoms with Crippen LogP contribution < -0.4 is 10.1 Å². The van der Waals surface area contributed by atoms with Crippen molar-refractivity contribution in [2.24, 2.45) is 0 Å². The van der Waals surface area contributed by atoms with Crippen LogP contribution in [0.4, 0.5) is 5.69 Å². The molecule has 1 aliphatic rings. The summed E-state index contributed by atoms with van der Waals surface area (Å²) >= 11 is 0. The Morgan fingerprint density at radius 3 is 2.80 bits per heavy atom. The summed E-state index contributed by atoms with van der Waals surface area (Å²) in [5, 5.41) is 7.24. The van der Waals surface area contributed by atoms with Gasteiger partial charge in [-0.15, -0.1) is 0 Å². The van der Waals surface area contributed by atoms with Gasteiger partial charge in [0.1, 0.15) is 5.82 Å². The fourth-order valence-electron chi connectivity index (χ4n) is 3.18. The molecule has 2 aromatic heterocycles. The first-order valence-corrected chi connectivity index (χ1v) is 8.66. The Labute approximate surface area is 146 Å². The Morgan fingerprint density at radius 1 is 1.24 bits per heavy atom. The number of fused-ring (bicyclic) bond motifs is 1. The number of anilines is 1. The molecule has 1 aliphatic heterocycles. The standard InChI is InChI=1S/C19H22N4O2/c1-13(17-11-19(24-2)22-25-17)20-15-8-6-14(7-9-15)16-12-23-10-4-3-5-18(23)21-16/h6-9,11-13,20H,3-5,10H2,1-2H3. The molecule has 4 rings (SSSR count). The van der Waals surface area contributed by atoms with Crippen molar-refractivity contribution >= 4 is 5.69 Å². The van der Waals surface area contributed by atoms with Crippen molar-refractivity contribution in [2.75, 3.05) is 12.4 Å². The van der Waals surface area contributed by atoms with E-state index in [4.69, 9.17) is 14.2 Å². The van der Waals surface area contributed by atoms with Gasteiger partial charge in [-0.2, -0.15) is 0 Å². The van der Waals surface area contributed by atoms with Gasteiger partial charge >= 0.3 is 0 Å². The first-order chi connectivity index (χ1) is 12.2. The highest BCUT2D eigenvalue weighted by molar-refractivity contribution is 5.62. The largest absolute Gasteiger partial charge is 0.479 e. The lowest BCUT2D eigenvalue weighted by Gasteiger charge is -2.12. The third kappa shape index (κ3) is 3.24. The molecular formula is C19H22N4O2.